The van der Waals surface area contributed by atoms with Crippen molar-refractivity contribution in [1.29, 1.82) is 0 Å². The lowest BCUT2D eigenvalue weighted by molar-refractivity contribution is -0.192. The monoisotopic (exact) mass is 242 g/mol. The van der Waals surface area contributed by atoms with Crippen LogP contribution in [0.2, 0.25) is 0 Å². The minimum absolute atomic E-state index is 0.0787. The van der Waals surface area contributed by atoms with Gasteiger partial charge < -0.3 is 15.7 Å². The van der Waals surface area contributed by atoms with Crippen molar-refractivity contribution in [3.63, 3.8) is 0 Å². The van der Waals surface area contributed by atoms with Crippen LogP contribution < -0.4 is 10.6 Å². The van der Waals surface area contributed by atoms with E-state index in [4.69, 9.17) is 9.90 Å². The van der Waals surface area contributed by atoms with E-state index in [1.165, 1.54) is 0 Å². The highest BCUT2D eigenvalue weighted by Crippen LogP contribution is 2.13. The van der Waals surface area contributed by atoms with Gasteiger partial charge in [0.1, 0.15) is 0 Å². The van der Waals surface area contributed by atoms with Gasteiger partial charge in [-0.2, -0.15) is 13.2 Å². The van der Waals surface area contributed by atoms with Crippen LogP contribution in [0, 0.1) is 0 Å². The summed E-state index contributed by atoms with van der Waals surface area (Å²) >= 11 is 0. The molecule has 1 atom stereocenters. The highest BCUT2D eigenvalue weighted by molar-refractivity contribution is 5.81. The largest absolute Gasteiger partial charge is 0.490 e. The van der Waals surface area contributed by atoms with E-state index in [1.807, 2.05) is 0 Å². The maximum atomic E-state index is 10.8. The summed E-state index contributed by atoms with van der Waals surface area (Å²) in [5.74, 6) is -2.64. The van der Waals surface area contributed by atoms with E-state index < -0.39 is 12.1 Å². The molecule has 0 radical (unpaired) electrons. The Kier molecular flexibility index (Phi) is 5.79. The molecule has 0 aromatic heterocycles. The SMILES string of the molecule is CNC(=O)[C@@H]1CCCN1.O=C(O)C(F)(F)F. The first kappa shape index (κ1) is 14.7. The van der Waals surface area contributed by atoms with Gasteiger partial charge in [0, 0.05) is 7.05 Å². The summed E-state index contributed by atoms with van der Waals surface area (Å²) in [6.45, 7) is 0.984. The first-order valence-corrected chi connectivity index (χ1v) is 4.54. The van der Waals surface area contributed by atoms with Crippen LogP contribution in [-0.2, 0) is 9.59 Å². The van der Waals surface area contributed by atoms with Gasteiger partial charge in [0.25, 0.3) is 0 Å². The molecular formula is C8H13F3N2O3. The lowest BCUT2D eigenvalue weighted by atomic mass is 10.2. The fourth-order valence-electron chi connectivity index (χ4n) is 1.08. The van der Waals surface area contributed by atoms with Crippen LogP contribution in [-0.4, -0.2) is 42.8 Å². The van der Waals surface area contributed by atoms with Crippen molar-refractivity contribution in [3.05, 3.63) is 0 Å². The molecule has 16 heavy (non-hydrogen) atoms. The first-order valence-electron chi connectivity index (χ1n) is 4.54. The number of alkyl halides is 3. The average molecular weight is 242 g/mol. The number of hydrogen-bond donors (Lipinski definition) is 3. The lowest BCUT2D eigenvalue weighted by Gasteiger charge is -2.05. The quantitative estimate of drug-likeness (QED) is 0.610. The summed E-state index contributed by atoms with van der Waals surface area (Å²) in [5.41, 5.74) is 0. The van der Waals surface area contributed by atoms with Crippen LogP contribution >= 0.6 is 0 Å². The van der Waals surface area contributed by atoms with Crippen molar-refractivity contribution in [3.8, 4) is 0 Å². The Balaban J connectivity index is 0.000000293. The second kappa shape index (κ2) is 6.31. The highest BCUT2D eigenvalue weighted by Gasteiger charge is 2.38. The van der Waals surface area contributed by atoms with Crippen molar-refractivity contribution in [2.45, 2.75) is 25.1 Å². The van der Waals surface area contributed by atoms with Gasteiger partial charge in [-0.15, -0.1) is 0 Å². The molecule has 0 aromatic carbocycles. The molecule has 0 aliphatic carbocycles. The van der Waals surface area contributed by atoms with Gasteiger partial charge in [0.2, 0.25) is 5.91 Å². The van der Waals surface area contributed by atoms with Crippen LogP contribution in [0.3, 0.4) is 0 Å². The summed E-state index contributed by atoms with van der Waals surface area (Å²) in [5, 5.41) is 12.8. The van der Waals surface area contributed by atoms with Gasteiger partial charge in [-0.25, -0.2) is 4.79 Å². The molecule has 1 fully saturated rings. The molecular weight excluding hydrogens is 229 g/mol. The van der Waals surface area contributed by atoms with E-state index >= 15 is 0 Å². The number of carbonyl (C=O) groups is 2. The van der Waals surface area contributed by atoms with Gasteiger partial charge in [-0.1, -0.05) is 0 Å². The third kappa shape index (κ3) is 5.54. The zero-order valence-electron chi connectivity index (χ0n) is 8.60. The zero-order valence-corrected chi connectivity index (χ0v) is 8.60. The zero-order chi connectivity index (χ0) is 12.8. The topological polar surface area (TPSA) is 78.4 Å². The summed E-state index contributed by atoms with van der Waals surface area (Å²) in [4.78, 5) is 19.7. The Morgan fingerprint density at radius 1 is 1.44 bits per heavy atom. The van der Waals surface area contributed by atoms with Crippen LogP contribution in [0.25, 0.3) is 0 Å². The molecule has 0 bridgehead atoms. The summed E-state index contributed by atoms with van der Waals surface area (Å²) < 4.78 is 31.7. The second-order valence-electron chi connectivity index (χ2n) is 3.07. The van der Waals surface area contributed by atoms with Crippen molar-refractivity contribution in [2.24, 2.45) is 0 Å². The predicted octanol–water partition coefficient (Wildman–Crippen LogP) is 0.118. The normalized spacial score (nSPS) is 19.6. The third-order valence-corrected chi connectivity index (χ3v) is 1.87. The number of halogens is 3. The van der Waals surface area contributed by atoms with E-state index in [1.54, 1.807) is 7.05 Å². The molecule has 0 spiro atoms. The van der Waals surface area contributed by atoms with Gasteiger partial charge >= 0.3 is 12.1 Å². The van der Waals surface area contributed by atoms with Crippen molar-refractivity contribution >= 4 is 11.9 Å². The predicted molar refractivity (Wildman–Crippen MR) is 48.8 cm³/mol. The molecule has 0 unspecified atom stereocenters. The number of hydrogen-bond acceptors (Lipinski definition) is 3. The Morgan fingerprint density at radius 3 is 2.19 bits per heavy atom. The Labute approximate surface area is 90.0 Å². The van der Waals surface area contributed by atoms with Crippen LogP contribution in [0.15, 0.2) is 0 Å². The molecule has 1 rings (SSSR count). The summed E-state index contributed by atoms with van der Waals surface area (Å²) in [7, 11) is 1.67. The molecule has 0 saturated carbocycles. The lowest BCUT2D eigenvalue weighted by Crippen LogP contribution is -2.38. The van der Waals surface area contributed by atoms with E-state index in [0.29, 0.717) is 0 Å². The molecule has 1 aliphatic heterocycles. The molecule has 0 aromatic rings. The van der Waals surface area contributed by atoms with Gasteiger partial charge in [-0.05, 0) is 19.4 Å². The van der Waals surface area contributed by atoms with Crippen molar-refractivity contribution < 1.29 is 27.9 Å². The van der Waals surface area contributed by atoms with Crippen molar-refractivity contribution in [2.75, 3.05) is 13.6 Å². The summed E-state index contributed by atoms with van der Waals surface area (Å²) in [6.07, 6.45) is -2.97. The van der Waals surface area contributed by atoms with E-state index in [-0.39, 0.29) is 11.9 Å². The van der Waals surface area contributed by atoms with E-state index in [0.717, 1.165) is 19.4 Å². The fourth-order valence-corrected chi connectivity index (χ4v) is 1.08. The molecule has 1 saturated heterocycles. The Hall–Kier alpha value is -1.31. The van der Waals surface area contributed by atoms with E-state index in [2.05, 4.69) is 10.6 Å². The second-order valence-corrected chi connectivity index (χ2v) is 3.07. The van der Waals surface area contributed by atoms with Crippen molar-refractivity contribution in [1.82, 2.24) is 10.6 Å². The number of carboxylic acids is 1. The molecule has 3 N–H and O–H groups in total. The average Bonchev–Trinajstić information content (AvgIpc) is 2.69. The number of aliphatic carboxylic acids is 1. The third-order valence-electron chi connectivity index (χ3n) is 1.87. The smallest absolute Gasteiger partial charge is 0.475 e. The number of likely N-dealkylation sites (N-methyl/N-ethyl adjacent to an activating group) is 1. The van der Waals surface area contributed by atoms with Crippen LogP contribution in [0.1, 0.15) is 12.8 Å². The molecule has 94 valence electrons. The number of amides is 1. The Morgan fingerprint density at radius 2 is 1.94 bits per heavy atom. The Bertz CT molecular complexity index is 249. The molecule has 1 amide bonds. The fraction of sp³-hybridized carbons (Fsp3) is 0.750. The summed E-state index contributed by atoms with van der Waals surface area (Å²) in [6, 6.07) is 0.0787. The maximum absolute atomic E-state index is 10.8. The van der Waals surface area contributed by atoms with Crippen LogP contribution in [0.5, 0.6) is 0 Å². The molecule has 5 nitrogen and oxygen atoms in total. The van der Waals surface area contributed by atoms with Gasteiger partial charge in [-0.3, -0.25) is 4.79 Å². The number of carboxylic acid groups (broad SMARTS) is 1. The minimum atomic E-state index is -5.08. The first-order chi connectivity index (χ1) is 7.29. The van der Waals surface area contributed by atoms with Gasteiger partial charge in [0.05, 0.1) is 6.04 Å². The highest BCUT2D eigenvalue weighted by atomic mass is 19.4. The molecule has 1 aliphatic rings. The molecule has 1 heterocycles. The number of rotatable bonds is 1. The van der Waals surface area contributed by atoms with Crippen LogP contribution in [0.4, 0.5) is 13.2 Å². The maximum Gasteiger partial charge on any atom is 0.490 e. The molecule has 8 heteroatoms. The minimum Gasteiger partial charge on any atom is -0.475 e. The standard InChI is InChI=1S/C6H12N2O.C2HF3O2/c1-7-6(9)5-3-2-4-8-5;3-2(4,5)1(6)7/h5,8H,2-4H2,1H3,(H,7,9);(H,6,7)/t5-;/m0./s1. The number of carbonyl (C=O) groups excluding carboxylic acids is 1. The van der Waals surface area contributed by atoms with E-state index in [9.17, 15) is 18.0 Å². The van der Waals surface area contributed by atoms with Gasteiger partial charge in [0.15, 0.2) is 0 Å². The number of nitrogens with one attached hydrogen (secondary N) is 2.